The second-order valence-corrected chi connectivity index (χ2v) is 4.23. The molecule has 0 fully saturated rings. The van der Waals surface area contributed by atoms with Crippen molar-refractivity contribution in [1.29, 1.82) is 0 Å². The minimum Gasteiger partial charge on any atom is -0.494 e. The van der Waals surface area contributed by atoms with Gasteiger partial charge < -0.3 is 14.8 Å². The van der Waals surface area contributed by atoms with Crippen molar-refractivity contribution in [1.82, 2.24) is 5.32 Å². The highest BCUT2D eigenvalue weighted by Gasteiger charge is 2.11. The molecule has 1 aromatic carbocycles. The van der Waals surface area contributed by atoms with Gasteiger partial charge in [-0.05, 0) is 18.2 Å². The fourth-order valence-corrected chi connectivity index (χ4v) is 1.56. The number of carbonyl (C=O) groups excluding carboxylic acids is 1. The lowest BCUT2D eigenvalue weighted by atomic mass is 10.2. The van der Waals surface area contributed by atoms with Crippen LogP contribution in [0.25, 0.3) is 0 Å². The van der Waals surface area contributed by atoms with Crippen molar-refractivity contribution < 1.29 is 18.7 Å². The molecule has 0 aromatic heterocycles. The van der Waals surface area contributed by atoms with Gasteiger partial charge in [0.15, 0.2) is 11.6 Å². The highest BCUT2D eigenvalue weighted by molar-refractivity contribution is 6.21. The fourth-order valence-electron chi connectivity index (χ4n) is 1.35. The largest absolute Gasteiger partial charge is 0.494 e. The Balaban J connectivity index is 2.59. The van der Waals surface area contributed by atoms with Crippen molar-refractivity contribution in [3.8, 4) is 5.75 Å². The summed E-state index contributed by atoms with van der Waals surface area (Å²) in [5, 5.41) is 2.27. The summed E-state index contributed by atoms with van der Waals surface area (Å²) >= 11 is 5.86. The van der Waals surface area contributed by atoms with E-state index in [4.69, 9.17) is 21.1 Å². The van der Waals surface area contributed by atoms with E-state index in [1.807, 2.05) is 0 Å². The molecule has 0 spiro atoms. The van der Waals surface area contributed by atoms with Crippen LogP contribution in [-0.2, 0) is 4.74 Å². The minimum atomic E-state index is -0.579. The van der Waals surface area contributed by atoms with E-state index in [1.165, 1.54) is 26.4 Å². The van der Waals surface area contributed by atoms with Gasteiger partial charge in [0.25, 0.3) is 5.91 Å². The summed E-state index contributed by atoms with van der Waals surface area (Å²) in [6.45, 7) is 0.584. The zero-order valence-electron chi connectivity index (χ0n) is 10.2. The third kappa shape index (κ3) is 4.16. The molecule has 0 saturated carbocycles. The van der Waals surface area contributed by atoms with E-state index in [1.54, 1.807) is 0 Å². The van der Waals surface area contributed by atoms with Gasteiger partial charge in [0.05, 0.1) is 19.1 Å². The van der Waals surface area contributed by atoms with E-state index in [9.17, 15) is 9.18 Å². The number of rotatable bonds is 6. The molecule has 100 valence electrons. The third-order valence-electron chi connectivity index (χ3n) is 2.25. The van der Waals surface area contributed by atoms with Crippen LogP contribution in [0.1, 0.15) is 10.4 Å². The summed E-state index contributed by atoms with van der Waals surface area (Å²) in [5.41, 5.74) is 0.217. The Hall–Kier alpha value is -1.33. The molecule has 1 amide bonds. The van der Waals surface area contributed by atoms with Crippen LogP contribution >= 0.6 is 11.6 Å². The highest BCUT2D eigenvalue weighted by atomic mass is 35.5. The number of carbonyl (C=O) groups is 1. The molecule has 0 saturated heterocycles. The zero-order chi connectivity index (χ0) is 13.5. The van der Waals surface area contributed by atoms with Crippen LogP contribution in [0.2, 0.25) is 0 Å². The van der Waals surface area contributed by atoms with Gasteiger partial charge in [0.1, 0.15) is 0 Å². The summed E-state index contributed by atoms with van der Waals surface area (Å²) in [4.78, 5) is 11.7. The maximum Gasteiger partial charge on any atom is 0.251 e. The number of benzene rings is 1. The molecule has 0 aliphatic carbocycles. The maximum atomic E-state index is 13.4. The average Bonchev–Trinajstić information content (AvgIpc) is 2.36. The number of hydrogen-bond acceptors (Lipinski definition) is 3. The smallest absolute Gasteiger partial charge is 0.251 e. The monoisotopic (exact) mass is 275 g/mol. The first-order valence-electron chi connectivity index (χ1n) is 5.33. The lowest BCUT2D eigenvalue weighted by Gasteiger charge is -2.10. The normalized spacial score (nSPS) is 12.0. The van der Waals surface area contributed by atoms with E-state index < -0.39 is 11.7 Å². The van der Waals surface area contributed by atoms with Crippen molar-refractivity contribution in [2.75, 3.05) is 27.4 Å². The van der Waals surface area contributed by atoms with Gasteiger partial charge in [-0.25, -0.2) is 4.39 Å². The molecule has 1 N–H and O–H groups in total. The summed E-state index contributed by atoms with van der Waals surface area (Å²) in [6.07, 6.45) is 0. The molecule has 18 heavy (non-hydrogen) atoms. The summed E-state index contributed by atoms with van der Waals surface area (Å²) < 4.78 is 23.0. The Labute approximate surface area is 110 Å². The van der Waals surface area contributed by atoms with Gasteiger partial charge in [-0.3, -0.25) is 4.79 Å². The van der Waals surface area contributed by atoms with Crippen LogP contribution < -0.4 is 10.1 Å². The standard InChI is InChI=1S/C12H15ClFNO3/c1-17-7-9(13)6-15-12(16)8-3-4-11(18-2)10(14)5-8/h3-5,9H,6-7H2,1-2H3,(H,15,16). The van der Waals surface area contributed by atoms with Crippen LogP contribution in [0.3, 0.4) is 0 Å². The summed E-state index contributed by atoms with van der Waals surface area (Å²) in [5.74, 6) is -0.871. The first-order valence-corrected chi connectivity index (χ1v) is 5.77. The van der Waals surface area contributed by atoms with Crippen molar-refractivity contribution in [2.24, 2.45) is 0 Å². The number of methoxy groups -OCH3 is 2. The van der Waals surface area contributed by atoms with Crippen molar-refractivity contribution in [3.05, 3.63) is 29.6 Å². The molecule has 4 nitrogen and oxygen atoms in total. The number of halogens is 2. The Bertz CT molecular complexity index is 414. The Morgan fingerprint density at radius 3 is 2.78 bits per heavy atom. The fraction of sp³-hybridized carbons (Fsp3) is 0.417. The van der Waals surface area contributed by atoms with Crippen LogP contribution in [0.15, 0.2) is 18.2 Å². The first-order chi connectivity index (χ1) is 8.58. The molecule has 1 atom stereocenters. The van der Waals surface area contributed by atoms with Gasteiger partial charge in [-0.1, -0.05) is 0 Å². The minimum absolute atomic E-state index is 0.0983. The van der Waals surface area contributed by atoms with Gasteiger partial charge in [-0.15, -0.1) is 11.6 Å². The predicted octanol–water partition coefficient (Wildman–Crippen LogP) is 1.82. The molecule has 0 aliphatic rings. The second kappa shape index (κ2) is 7.18. The van der Waals surface area contributed by atoms with Gasteiger partial charge in [-0.2, -0.15) is 0 Å². The predicted molar refractivity (Wildman–Crippen MR) is 66.8 cm³/mol. The summed E-state index contributed by atoms with van der Waals surface area (Å²) in [6, 6.07) is 4.00. The number of amides is 1. The number of hydrogen-bond donors (Lipinski definition) is 1. The summed E-state index contributed by atoms with van der Waals surface area (Å²) in [7, 11) is 2.89. The van der Waals surface area contributed by atoms with E-state index in [0.717, 1.165) is 6.07 Å². The van der Waals surface area contributed by atoms with E-state index in [-0.39, 0.29) is 23.2 Å². The van der Waals surface area contributed by atoms with Crippen LogP contribution in [0, 0.1) is 5.82 Å². The molecule has 0 bridgehead atoms. The molecular formula is C12H15ClFNO3. The van der Waals surface area contributed by atoms with E-state index in [2.05, 4.69) is 5.32 Å². The lowest BCUT2D eigenvalue weighted by molar-refractivity contribution is 0.0948. The van der Waals surface area contributed by atoms with Gasteiger partial charge >= 0.3 is 0 Å². The topological polar surface area (TPSA) is 47.6 Å². The average molecular weight is 276 g/mol. The van der Waals surface area contributed by atoms with Gasteiger partial charge in [0, 0.05) is 19.2 Å². The second-order valence-electron chi connectivity index (χ2n) is 3.61. The quantitative estimate of drug-likeness (QED) is 0.806. The Morgan fingerprint density at radius 1 is 1.50 bits per heavy atom. The lowest BCUT2D eigenvalue weighted by Crippen LogP contribution is -2.31. The van der Waals surface area contributed by atoms with Gasteiger partial charge in [0.2, 0.25) is 0 Å². The molecule has 1 rings (SSSR count). The highest BCUT2D eigenvalue weighted by Crippen LogP contribution is 2.17. The Morgan fingerprint density at radius 2 is 2.22 bits per heavy atom. The van der Waals surface area contributed by atoms with Crippen LogP contribution in [0.4, 0.5) is 4.39 Å². The molecule has 6 heteroatoms. The van der Waals surface area contributed by atoms with E-state index in [0.29, 0.717) is 6.61 Å². The Kier molecular flexibility index (Phi) is 5.88. The first kappa shape index (κ1) is 14.7. The van der Waals surface area contributed by atoms with Crippen molar-refractivity contribution in [2.45, 2.75) is 5.38 Å². The molecule has 0 heterocycles. The van der Waals surface area contributed by atoms with Crippen LogP contribution in [-0.4, -0.2) is 38.7 Å². The van der Waals surface area contributed by atoms with Crippen molar-refractivity contribution in [3.63, 3.8) is 0 Å². The van der Waals surface area contributed by atoms with E-state index >= 15 is 0 Å². The third-order valence-corrected chi connectivity index (χ3v) is 2.53. The number of ether oxygens (including phenoxy) is 2. The molecule has 0 radical (unpaired) electrons. The number of nitrogens with one attached hydrogen (secondary N) is 1. The number of alkyl halides is 1. The van der Waals surface area contributed by atoms with Crippen LogP contribution in [0.5, 0.6) is 5.75 Å². The maximum absolute atomic E-state index is 13.4. The molecule has 0 aliphatic heterocycles. The zero-order valence-corrected chi connectivity index (χ0v) is 11.0. The SMILES string of the molecule is COCC(Cl)CNC(=O)c1ccc(OC)c(F)c1. The molecule has 1 aromatic rings. The van der Waals surface area contributed by atoms with Crippen molar-refractivity contribution >= 4 is 17.5 Å². The molecular weight excluding hydrogens is 261 g/mol. The molecule has 1 unspecified atom stereocenters.